The van der Waals surface area contributed by atoms with Gasteiger partial charge < -0.3 is 20.5 Å². The van der Waals surface area contributed by atoms with E-state index in [1.807, 2.05) is 6.07 Å². The molecule has 0 saturated carbocycles. The minimum atomic E-state index is -0.242. The van der Waals surface area contributed by atoms with Crippen molar-refractivity contribution in [1.29, 1.82) is 0 Å². The fourth-order valence-corrected chi connectivity index (χ4v) is 2.16. The Balaban J connectivity index is 2.08. The van der Waals surface area contributed by atoms with Crippen molar-refractivity contribution in [3.63, 3.8) is 0 Å². The highest BCUT2D eigenvalue weighted by molar-refractivity contribution is 6.05. The van der Waals surface area contributed by atoms with E-state index < -0.39 is 0 Å². The van der Waals surface area contributed by atoms with Crippen LogP contribution in [0.3, 0.4) is 0 Å². The standard InChI is InChI=1S/C19H24N2O3/c1-13(2)9-10-24-16-6-4-5-14(11-16)19(22)21-17-12-15(20)7-8-18(17)23-3/h4-8,11-13H,9-10,20H2,1-3H3,(H,21,22). The molecule has 0 radical (unpaired) electrons. The number of carbonyl (C=O) groups is 1. The molecular formula is C19H24N2O3. The maximum Gasteiger partial charge on any atom is 0.255 e. The second-order valence-corrected chi connectivity index (χ2v) is 5.97. The molecule has 24 heavy (non-hydrogen) atoms. The lowest BCUT2D eigenvalue weighted by Crippen LogP contribution is -2.13. The molecule has 0 unspecified atom stereocenters. The van der Waals surface area contributed by atoms with Gasteiger partial charge in [-0.2, -0.15) is 0 Å². The number of nitrogens with one attached hydrogen (secondary N) is 1. The van der Waals surface area contributed by atoms with Gasteiger partial charge in [0.15, 0.2) is 0 Å². The van der Waals surface area contributed by atoms with Crippen molar-refractivity contribution < 1.29 is 14.3 Å². The summed E-state index contributed by atoms with van der Waals surface area (Å²) in [5, 5.41) is 2.82. The number of amides is 1. The van der Waals surface area contributed by atoms with Crippen molar-refractivity contribution in [2.75, 3.05) is 24.8 Å². The van der Waals surface area contributed by atoms with Crippen LogP contribution in [0.2, 0.25) is 0 Å². The minimum Gasteiger partial charge on any atom is -0.495 e. The first-order chi connectivity index (χ1) is 11.5. The Labute approximate surface area is 142 Å². The van der Waals surface area contributed by atoms with Crippen molar-refractivity contribution in [1.82, 2.24) is 0 Å². The van der Waals surface area contributed by atoms with Gasteiger partial charge >= 0.3 is 0 Å². The first kappa shape index (κ1) is 17.7. The number of rotatable bonds is 7. The van der Waals surface area contributed by atoms with Gasteiger partial charge in [-0.15, -0.1) is 0 Å². The molecule has 0 heterocycles. The molecule has 0 spiro atoms. The van der Waals surface area contributed by atoms with Gasteiger partial charge in [-0.1, -0.05) is 19.9 Å². The monoisotopic (exact) mass is 328 g/mol. The van der Waals surface area contributed by atoms with E-state index in [2.05, 4.69) is 19.2 Å². The minimum absolute atomic E-state index is 0.242. The summed E-state index contributed by atoms with van der Waals surface area (Å²) in [6, 6.07) is 12.2. The molecule has 128 valence electrons. The van der Waals surface area contributed by atoms with Crippen LogP contribution in [-0.2, 0) is 0 Å². The van der Waals surface area contributed by atoms with Crippen molar-refractivity contribution >= 4 is 17.3 Å². The second kappa shape index (κ2) is 8.24. The zero-order chi connectivity index (χ0) is 17.5. The summed E-state index contributed by atoms with van der Waals surface area (Å²) in [6.07, 6.45) is 0.969. The molecule has 0 atom stereocenters. The Hall–Kier alpha value is -2.69. The van der Waals surface area contributed by atoms with E-state index in [-0.39, 0.29) is 5.91 Å². The highest BCUT2D eigenvalue weighted by atomic mass is 16.5. The van der Waals surface area contributed by atoms with Crippen LogP contribution in [0.1, 0.15) is 30.6 Å². The fraction of sp³-hybridized carbons (Fsp3) is 0.316. The highest BCUT2D eigenvalue weighted by Gasteiger charge is 2.11. The molecule has 0 aliphatic heterocycles. The predicted octanol–water partition coefficient (Wildman–Crippen LogP) is 3.95. The molecule has 0 aliphatic carbocycles. The van der Waals surface area contributed by atoms with E-state index in [9.17, 15) is 4.79 Å². The van der Waals surface area contributed by atoms with Gasteiger partial charge in [-0.25, -0.2) is 0 Å². The maximum atomic E-state index is 12.5. The number of benzene rings is 2. The number of ether oxygens (including phenoxy) is 2. The Morgan fingerprint density at radius 2 is 2.00 bits per heavy atom. The summed E-state index contributed by atoms with van der Waals surface area (Å²) in [5.41, 5.74) is 7.38. The molecule has 2 aromatic rings. The SMILES string of the molecule is COc1ccc(N)cc1NC(=O)c1cccc(OCCC(C)C)c1. The Kier molecular flexibility index (Phi) is 6.07. The molecule has 0 aliphatic rings. The lowest BCUT2D eigenvalue weighted by molar-refractivity contribution is 0.102. The zero-order valence-corrected chi connectivity index (χ0v) is 14.3. The van der Waals surface area contributed by atoms with E-state index in [1.165, 1.54) is 0 Å². The Bertz CT molecular complexity index is 699. The normalized spacial score (nSPS) is 10.5. The van der Waals surface area contributed by atoms with Gasteiger partial charge in [0.2, 0.25) is 0 Å². The van der Waals surface area contributed by atoms with Crippen LogP contribution in [0, 0.1) is 5.92 Å². The lowest BCUT2D eigenvalue weighted by atomic mass is 10.1. The van der Waals surface area contributed by atoms with Gasteiger partial charge in [-0.3, -0.25) is 4.79 Å². The molecule has 3 N–H and O–H groups in total. The van der Waals surface area contributed by atoms with Gasteiger partial charge in [-0.05, 0) is 48.7 Å². The summed E-state index contributed by atoms with van der Waals surface area (Å²) >= 11 is 0. The first-order valence-electron chi connectivity index (χ1n) is 7.97. The summed E-state index contributed by atoms with van der Waals surface area (Å²) in [5.74, 6) is 1.57. The Morgan fingerprint density at radius 3 is 2.71 bits per heavy atom. The number of nitrogens with two attached hydrogens (primary N) is 1. The third-order valence-corrected chi connectivity index (χ3v) is 3.53. The van der Waals surface area contributed by atoms with Crippen molar-refractivity contribution in [3.8, 4) is 11.5 Å². The number of carbonyl (C=O) groups excluding carboxylic acids is 1. The van der Waals surface area contributed by atoms with E-state index in [0.717, 1.165) is 6.42 Å². The molecule has 1 amide bonds. The molecule has 5 heteroatoms. The molecule has 0 aromatic heterocycles. The summed E-state index contributed by atoms with van der Waals surface area (Å²) in [6.45, 7) is 4.92. The molecule has 0 bridgehead atoms. The molecule has 0 fully saturated rings. The van der Waals surface area contributed by atoms with Crippen LogP contribution in [0.25, 0.3) is 0 Å². The van der Waals surface area contributed by atoms with Crippen molar-refractivity contribution in [2.24, 2.45) is 5.92 Å². The second-order valence-electron chi connectivity index (χ2n) is 5.97. The molecule has 2 rings (SSSR count). The van der Waals surface area contributed by atoms with Crippen LogP contribution < -0.4 is 20.5 Å². The summed E-state index contributed by atoms with van der Waals surface area (Å²) in [4.78, 5) is 12.5. The van der Waals surface area contributed by atoms with E-state index in [4.69, 9.17) is 15.2 Å². The topological polar surface area (TPSA) is 73.6 Å². The van der Waals surface area contributed by atoms with Crippen LogP contribution >= 0.6 is 0 Å². The zero-order valence-electron chi connectivity index (χ0n) is 14.3. The summed E-state index contributed by atoms with van der Waals surface area (Å²) < 4.78 is 10.9. The lowest BCUT2D eigenvalue weighted by Gasteiger charge is -2.12. The predicted molar refractivity (Wildman–Crippen MR) is 96.8 cm³/mol. The van der Waals surface area contributed by atoms with Gasteiger partial charge in [0.1, 0.15) is 11.5 Å². The van der Waals surface area contributed by atoms with Gasteiger partial charge in [0.05, 0.1) is 19.4 Å². The number of hydrogen-bond acceptors (Lipinski definition) is 4. The first-order valence-corrected chi connectivity index (χ1v) is 7.97. The fourth-order valence-electron chi connectivity index (χ4n) is 2.16. The third-order valence-electron chi connectivity index (χ3n) is 3.53. The number of anilines is 2. The number of nitrogen functional groups attached to an aromatic ring is 1. The maximum absolute atomic E-state index is 12.5. The Morgan fingerprint density at radius 1 is 1.21 bits per heavy atom. The third kappa shape index (κ3) is 4.91. The smallest absolute Gasteiger partial charge is 0.255 e. The summed E-state index contributed by atoms with van der Waals surface area (Å²) in [7, 11) is 1.55. The highest BCUT2D eigenvalue weighted by Crippen LogP contribution is 2.27. The van der Waals surface area contributed by atoms with Gasteiger partial charge in [0, 0.05) is 11.3 Å². The van der Waals surface area contributed by atoms with E-state index in [0.29, 0.717) is 41.0 Å². The van der Waals surface area contributed by atoms with Gasteiger partial charge in [0.25, 0.3) is 5.91 Å². The van der Waals surface area contributed by atoms with Crippen LogP contribution in [-0.4, -0.2) is 19.6 Å². The van der Waals surface area contributed by atoms with Crippen LogP contribution in [0.5, 0.6) is 11.5 Å². The molecular weight excluding hydrogens is 304 g/mol. The van der Waals surface area contributed by atoms with E-state index in [1.54, 1.807) is 43.5 Å². The van der Waals surface area contributed by atoms with Crippen molar-refractivity contribution in [3.05, 3.63) is 48.0 Å². The number of hydrogen-bond donors (Lipinski definition) is 2. The molecule has 2 aromatic carbocycles. The molecule has 0 saturated heterocycles. The van der Waals surface area contributed by atoms with Crippen LogP contribution in [0.4, 0.5) is 11.4 Å². The average molecular weight is 328 g/mol. The van der Waals surface area contributed by atoms with Crippen molar-refractivity contribution in [2.45, 2.75) is 20.3 Å². The van der Waals surface area contributed by atoms with Crippen LogP contribution in [0.15, 0.2) is 42.5 Å². The van der Waals surface area contributed by atoms with E-state index >= 15 is 0 Å². The molecule has 5 nitrogen and oxygen atoms in total. The average Bonchev–Trinajstić information content (AvgIpc) is 2.55. The largest absolute Gasteiger partial charge is 0.495 e. The quantitative estimate of drug-likeness (QED) is 0.755. The number of methoxy groups -OCH3 is 1.